The zero-order valence-corrected chi connectivity index (χ0v) is 15.8. The molecule has 0 saturated heterocycles. The molecular formula is C25H30. The normalized spacial score (nSPS) is 18.2. The molecular weight excluding hydrogens is 300 g/mol. The van der Waals surface area contributed by atoms with Crippen molar-refractivity contribution in [1.29, 1.82) is 0 Å². The molecule has 1 saturated carbocycles. The summed E-state index contributed by atoms with van der Waals surface area (Å²) >= 11 is 0. The molecule has 0 atom stereocenters. The average molecular weight is 331 g/mol. The number of aryl methyl sites for hydroxylation is 1. The lowest BCUT2D eigenvalue weighted by atomic mass is 9.77. The van der Waals surface area contributed by atoms with E-state index in [4.69, 9.17) is 0 Å². The molecule has 0 heterocycles. The van der Waals surface area contributed by atoms with E-state index in [9.17, 15) is 0 Å². The van der Waals surface area contributed by atoms with Crippen molar-refractivity contribution in [3.8, 4) is 11.1 Å². The molecule has 130 valence electrons. The van der Waals surface area contributed by atoms with E-state index in [-0.39, 0.29) is 0 Å². The third kappa shape index (κ3) is 3.19. The summed E-state index contributed by atoms with van der Waals surface area (Å²) in [4.78, 5) is 0. The van der Waals surface area contributed by atoms with Crippen molar-refractivity contribution >= 4 is 6.08 Å². The van der Waals surface area contributed by atoms with Crippen LogP contribution in [0.15, 0.2) is 48.0 Å². The Morgan fingerprint density at radius 1 is 0.920 bits per heavy atom. The Bertz CT molecular complexity index is 770. The first-order valence-corrected chi connectivity index (χ1v) is 10.1. The zero-order chi connectivity index (χ0) is 17.3. The van der Waals surface area contributed by atoms with Crippen LogP contribution in [0.1, 0.15) is 69.1 Å². The van der Waals surface area contributed by atoms with E-state index in [1.165, 1.54) is 66.3 Å². The molecule has 0 aromatic heterocycles. The molecule has 2 aliphatic rings. The van der Waals surface area contributed by atoms with Crippen molar-refractivity contribution in [2.75, 3.05) is 0 Å². The lowest BCUT2D eigenvalue weighted by molar-refractivity contribution is 0.281. The summed E-state index contributed by atoms with van der Waals surface area (Å²) in [6, 6.07) is 16.0. The molecule has 0 spiro atoms. The van der Waals surface area contributed by atoms with Gasteiger partial charge in [-0.2, -0.15) is 0 Å². The summed E-state index contributed by atoms with van der Waals surface area (Å²) in [5, 5.41) is 0. The molecule has 4 rings (SSSR count). The number of hydrogen-bond acceptors (Lipinski definition) is 0. The van der Waals surface area contributed by atoms with Crippen molar-refractivity contribution in [3.05, 3.63) is 64.7 Å². The van der Waals surface area contributed by atoms with Gasteiger partial charge in [0.15, 0.2) is 0 Å². The van der Waals surface area contributed by atoms with Crippen molar-refractivity contribution in [2.45, 2.75) is 65.2 Å². The van der Waals surface area contributed by atoms with Crippen LogP contribution in [0.3, 0.4) is 0 Å². The number of benzene rings is 2. The first-order valence-electron chi connectivity index (χ1n) is 10.1. The summed E-state index contributed by atoms with van der Waals surface area (Å²) < 4.78 is 0. The molecule has 0 bridgehead atoms. The maximum Gasteiger partial charge on any atom is -0.00574 e. The van der Waals surface area contributed by atoms with Crippen LogP contribution in [-0.4, -0.2) is 0 Å². The van der Waals surface area contributed by atoms with Gasteiger partial charge in [0.1, 0.15) is 0 Å². The van der Waals surface area contributed by atoms with Gasteiger partial charge in [0, 0.05) is 0 Å². The van der Waals surface area contributed by atoms with Crippen LogP contribution in [0.5, 0.6) is 0 Å². The van der Waals surface area contributed by atoms with E-state index in [1.807, 2.05) is 0 Å². The zero-order valence-electron chi connectivity index (χ0n) is 15.8. The van der Waals surface area contributed by atoms with Gasteiger partial charge in [0.05, 0.1) is 0 Å². The highest BCUT2D eigenvalue weighted by atomic mass is 14.4. The Kier molecular flexibility index (Phi) is 4.54. The van der Waals surface area contributed by atoms with Crippen molar-refractivity contribution in [2.24, 2.45) is 5.41 Å². The fraction of sp³-hybridized carbons (Fsp3) is 0.440. The maximum absolute atomic E-state index is 2.52. The standard InChI is InChI=1S/C25H30/c1-3-19-10-12-21(13-11-19)23-9-7-8-22-16-20(17-24(22)23)18-25(4-2)14-5-6-15-25/h7-13,17H,3-6,14-16,18H2,1-2H3. The van der Waals surface area contributed by atoms with Gasteiger partial charge in [0.25, 0.3) is 0 Å². The smallest absolute Gasteiger partial charge is 0.00574 e. The van der Waals surface area contributed by atoms with Gasteiger partial charge in [-0.05, 0) is 65.3 Å². The molecule has 1 fully saturated rings. The lowest BCUT2D eigenvalue weighted by Gasteiger charge is -2.28. The molecule has 0 unspecified atom stereocenters. The molecule has 0 nitrogen and oxygen atoms in total. The molecule has 0 radical (unpaired) electrons. The Hall–Kier alpha value is -1.82. The van der Waals surface area contributed by atoms with Crippen LogP contribution >= 0.6 is 0 Å². The van der Waals surface area contributed by atoms with E-state index < -0.39 is 0 Å². The van der Waals surface area contributed by atoms with Crippen LogP contribution in [0.4, 0.5) is 0 Å². The Balaban J connectivity index is 1.64. The number of allylic oxidation sites excluding steroid dienone is 1. The van der Waals surface area contributed by atoms with Crippen LogP contribution in [0.2, 0.25) is 0 Å². The quantitative estimate of drug-likeness (QED) is 0.543. The second-order valence-electron chi connectivity index (χ2n) is 8.15. The minimum atomic E-state index is 0.594. The topological polar surface area (TPSA) is 0 Å². The number of fused-ring (bicyclic) bond motifs is 1. The van der Waals surface area contributed by atoms with Gasteiger partial charge in [-0.1, -0.05) is 87.2 Å². The van der Waals surface area contributed by atoms with Crippen LogP contribution in [-0.2, 0) is 12.8 Å². The SMILES string of the molecule is CCc1ccc(-c2cccc3c2C=C(CC2(CC)CCCC2)C3)cc1. The molecule has 0 heteroatoms. The fourth-order valence-electron chi connectivity index (χ4n) is 4.98. The summed E-state index contributed by atoms with van der Waals surface area (Å²) in [5.74, 6) is 0. The summed E-state index contributed by atoms with van der Waals surface area (Å²) in [7, 11) is 0. The molecule has 0 amide bonds. The Labute approximate surface area is 153 Å². The third-order valence-corrected chi connectivity index (χ3v) is 6.65. The second-order valence-corrected chi connectivity index (χ2v) is 8.15. The molecule has 0 N–H and O–H groups in total. The van der Waals surface area contributed by atoms with Crippen molar-refractivity contribution < 1.29 is 0 Å². The fourth-order valence-corrected chi connectivity index (χ4v) is 4.98. The number of rotatable bonds is 5. The van der Waals surface area contributed by atoms with E-state index in [0.717, 1.165) is 12.8 Å². The van der Waals surface area contributed by atoms with Gasteiger partial charge < -0.3 is 0 Å². The van der Waals surface area contributed by atoms with Crippen molar-refractivity contribution in [1.82, 2.24) is 0 Å². The molecule has 2 aromatic rings. The van der Waals surface area contributed by atoms with Crippen molar-refractivity contribution in [3.63, 3.8) is 0 Å². The second kappa shape index (κ2) is 6.83. The molecule has 2 aromatic carbocycles. The van der Waals surface area contributed by atoms with Crippen LogP contribution < -0.4 is 0 Å². The summed E-state index contributed by atoms with van der Waals surface area (Å²) in [6.45, 7) is 4.62. The monoisotopic (exact) mass is 330 g/mol. The van der Waals surface area contributed by atoms with E-state index in [1.54, 1.807) is 5.57 Å². The highest BCUT2D eigenvalue weighted by Gasteiger charge is 2.33. The number of hydrogen-bond donors (Lipinski definition) is 0. The van der Waals surface area contributed by atoms with Crippen LogP contribution in [0.25, 0.3) is 17.2 Å². The highest BCUT2D eigenvalue weighted by molar-refractivity contribution is 5.80. The van der Waals surface area contributed by atoms with Gasteiger partial charge in [-0.25, -0.2) is 0 Å². The van der Waals surface area contributed by atoms with Gasteiger partial charge in [-0.3, -0.25) is 0 Å². The Morgan fingerprint density at radius 2 is 1.68 bits per heavy atom. The van der Waals surface area contributed by atoms with Gasteiger partial charge in [0.2, 0.25) is 0 Å². The lowest BCUT2D eigenvalue weighted by Crippen LogP contribution is -2.15. The molecule has 2 aliphatic carbocycles. The third-order valence-electron chi connectivity index (χ3n) is 6.65. The minimum Gasteiger partial charge on any atom is -0.0648 e. The largest absolute Gasteiger partial charge is 0.0648 e. The highest BCUT2D eigenvalue weighted by Crippen LogP contribution is 2.48. The maximum atomic E-state index is 2.52. The Morgan fingerprint density at radius 3 is 2.36 bits per heavy atom. The van der Waals surface area contributed by atoms with E-state index in [2.05, 4.69) is 62.4 Å². The van der Waals surface area contributed by atoms with Gasteiger partial charge >= 0.3 is 0 Å². The predicted octanol–water partition coefficient (Wildman–Crippen LogP) is 7.22. The summed E-state index contributed by atoms with van der Waals surface area (Å²) in [6.07, 6.45) is 13.2. The first-order chi connectivity index (χ1) is 12.2. The van der Waals surface area contributed by atoms with Gasteiger partial charge in [-0.15, -0.1) is 0 Å². The minimum absolute atomic E-state index is 0.594. The van der Waals surface area contributed by atoms with Crippen LogP contribution in [0, 0.1) is 5.41 Å². The molecule has 25 heavy (non-hydrogen) atoms. The molecule has 0 aliphatic heterocycles. The van der Waals surface area contributed by atoms with E-state index in [0.29, 0.717) is 5.41 Å². The van der Waals surface area contributed by atoms with E-state index >= 15 is 0 Å². The average Bonchev–Trinajstić information content (AvgIpc) is 3.28. The first kappa shape index (κ1) is 16.6. The summed E-state index contributed by atoms with van der Waals surface area (Å²) in [5.41, 5.74) is 9.44. The predicted molar refractivity (Wildman–Crippen MR) is 109 cm³/mol.